The van der Waals surface area contributed by atoms with Crippen LogP contribution in [-0.2, 0) is 19.7 Å². The summed E-state index contributed by atoms with van der Waals surface area (Å²) in [5.74, 6) is 2.41. The molecule has 0 spiro atoms. The van der Waals surface area contributed by atoms with Gasteiger partial charge in [-0.1, -0.05) is 18.2 Å². The predicted octanol–water partition coefficient (Wildman–Crippen LogP) is 6.47. The predicted molar refractivity (Wildman–Crippen MR) is 167 cm³/mol. The topological polar surface area (TPSA) is 80.9 Å². The van der Waals surface area contributed by atoms with Crippen LogP contribution in [-0.4, -0.2) is 19.3 Å². The van der Waals surface area contributed by atoms with E-state index in [0.717, 1.165) is 61.4 Å². The number of methoxy groups -OCH3 is 2. The highest BCUT2D eigenvalue weighted by atomic mass is 16.5. The highest BCUT2D eigenvalue weighted by Crippen LogP contribution is 2.40. The number of aliphatic hydroxyl groups excluding tert-OH is 1. The van der Waals surface area contributed by atoms with Gasteiger partial charge in [0.05, 0.1) is 26.9 Å². The summed E-state index contributed by atoms with van der Waals surface area (Å²) < 4.78 is 19.6. The fourth-order valence-corrected chi connectivity index (χ4v) is 5.37. The van der Waals surface area contributed by atoms with Crippen molar-refractivity contribution in [1.82, 2.24) is 4.58 Å². The number of nitrogen functional groups attached to an aromatic ring is 1. The second-order valence-electron chi connectivity index (χ2n) is 10.3. The van der Waals surface area contributed by atoms with Crippen LogP contribution in [0.2, 0.25) is 0 Å². The average Bonchev–Trinajstić information content (AvgIpc) is 3.03. The largest absolute Gasteiger partial charge is 0.497 e. The highest BCUT2D eigenvalue weighted by molar-refractivity contribution is 6.02. The van der Waals surface area contributed by atoms with Gasteiger partial charge < -0.3 is 24.7 Å². The van der Waals surface area contributed by atoms with Gasteiger partial charge in [0.25, 0.3) is 0 Å². The maximum Gasteiger partial charge on any atom is 0.204 e. The molecule has 6 rings (SSSR count). The molecule has 6 nitrogen and oxygen atoms in total. The first-order chi connectivity index (χ1) is 20.5. The number of ether oxygens (including phenoxy) is 2. The fourth-order valence-electron chi connectivity index (χ4n) is 5.37. The molecule has 0 bridgehead atoms. The number of rotatable bonds is 8. The van der Waals surface area contributed by atoms with Crippen LogP contribution in [0.1, 0.15) is 16.7 Å². The van der Waals surface area contributed by atoms with Crippen molar-refractivity contribution in [2.45, 2.75) is 19.7 Å². The number of nitrogens with zero attached hydrogens (tertiary/aromatic N) is 1. The third-order valence-electron chi connectivity index (χ3n) is 7.56. The molecule has 2 aliphatic rings. The molecular weight excluding hydrogens is 524 g/mol. The van der Waals surface area contributed by atoms with Crippen molar-refractivity contribution in [3.63, 3.8) is 0 Å². The molecule has 1 heterocycles. The van der Waals surface area contributed by atoms with Crippen LogP contribution in [0.25, 0.3) is 33.4 Å². The summed E-state index contributed by atoms with van der Waals surface area (Å²) in [6.45, 7) is 1.35. The normalized spacial score (nSPS) is 11.1. The molecule has 210 valence electrons. The number of nitrogens with two attached hydrogens (primary N) is 1. The minimum atomic E-state index is -0.0241. The number of aliphatic hydroxyl groups is 1. The minimum absolute atomic E-state index is 0.0241. The monoisotopic (exact) mass is 557 g/mol. The van der Waals surface area contributed by atoms with Crippen molar-refractivity contribution in [3.05, 3.63) is 131 Å². The number of fused-ring (bicyclic) bond motifs is 2. The van der Waals surface area contributed by atoms with Crippen LogP contribution in [0.4, 0.5) is 5.69 Å². The van der Waals surface area contributed by atoms with E-state index in [9.17, 15) is 5.11 Å². The second-order valence-corrected chi connectivity index (χ2v) is 10.3. The minimum Gasteiger partial charge on any atom is -0.497 e. The Hall–Kier alpha value is -5.07. The van der Waals surface area contributed by atoms with E-state index in [2.05, 4.69) is 53.1 Å². The van der Waals surface area contributed by atoms with Gasteiger partial charge in [-0.3, -0.25) is 0 Å². The molecule has 0 atom stereocenters. The Morgan fingerprint density at radius 1 is 0.714 bits per heavy atom. The lowest BCUT2D eigenvalue weighted by Crippen LogP contribution is -2.29. The van der Waals surface area contributed by atoms with E-state index in [4.69, 9.17) is 19.6 Å². The lowest BCUT2D eigenvalue weighted by molar-refractivity contribution is 0.282. The highest BCUT2D eigenvalue weighted by Gasteiger charge is 2.20. The Morgan fingerprint density at radius 2 is 1.38 bits per heavy atom. The van der Waals surface area contributed by atoms with Gasteiger partial charge in [-0.2, -0.15) is 0 Å². The molecule has 0 radical (unpaired) electrons. The summed E-state index contributed by atoms with van der Waals surface area (Å²) in [6.07, 6.45) is 0. The van der Waals surface area contributed by atoms with Gasteiger partial charge in [-0.25, -0.2) is 4.58 Å². The summed E-state index contributed by atoms with van der Waals surface area (Å²) in [6, 6.07) is 36.4. The number of hydrogen-bond donors (Lipinski definition) is 2. The fraction of sp³-hybridized carbons (Fsp3) is 0.139. The van der Waals surface area contributed by atoms with Gasteiger partial charge in [0.1, 0.15) is 22.8 Å². The Balaban J connectivity index is 1.56. The summed E-state index contributed by atoms with van der Waals surface area (Å²) in [4.78, 5) is 0. The Morgan fingerprint density at radius 3 is 2.00 bits per heavy atom. The van der Waals surface area contributed by atoms with Crippen molar-refractivity contribution < 1.29 is 19.0 Å². The maximum absolute atomic E-state index is 9.82. The van der Waals surface area contributed by atoms with E-state index < -0.39 is 0 Å². The van der Waals surface area contributed by atoms with Crippen LogP contribution in [0.5, 0.6) is 11.5 Å². The van der Waals surface area contributed by atoms with Crippen LogP contribution < -0.4 is 25.1 Å². The molecule has 42 heavy (non-hydrogen) atoms. The van der Waals surface area contributed by atoms with Gasteiger partial charge in [-0.15, -0.1) is 0 Å². The van der Waals surface area contributed by atoms with E-state index in [1.807, 2.05) is 60.7 Å². The number of anilines is 1. The Bertz CT molecular complexity index is 1840. The van der Waals surface area contributed by atoms with Crippen molar-refractivity contribution >= 4 is 16.7 Å². The zero-order chi connectivity index (χ0) is 29.1. The molecule has 4 aromatic rings. The maximum atomic E-state index is 9.82. The number of benzene rings is 5. The van der Waals surface area contributed by atoms with Crippen molar-refractivity contribution in [1.29, 1.82) is 0 Å². The SMILES string of the molecule is COc1ccc(C[N+](Cc2ccc(OC)cc2)=c2ccc3c(-c4cccc(CO)c4)c4ccc(N)cc4oc-3c2)cc1. The van der Waals surface area contributed by atoms with Gasteiger partial charge in [0, 0.05) is 45.5 Å². The second kappa shape index (κ2) is 11.8. The molecule has 0 aromatic heterocycles. The summed E-state index contributed by atoms with van der Waals surface area (Å²) >= 11 is 0. The van der Waals surface area contributed by atoms with Crippen LogP contribution in [0, 0.1) is 0 Å². The smallest absolute Gasteiger partial charge is 0.204 e. The third kappa shape index (κ3) is 5.57. The van der Waals surface area contributed by atoms with E-state index >= 15 is 0 Å². The van der Waals surface area contributed by atoms with Crippen molar-refractivity contribution in [3.8, 4) is 33.9 Å². The first-order valence-corrected chi connectivity index (χ1v) is 13.8. The Labute approximate surface area is 244 Å². The average molecular weight is 558 g/mol. The zero-order valence-corrected chi connectivity index (χ0v) is 23.7. The molecule has 0 saturated heterocycles. The van der Waals surface area contributed by atoms with Crippen molar-refractivity contribution in [2.75, 3.05) is 20.0 Å². The van der Waals surface area contributed by atoms with Gasteiger partial charge in [0.2, 0.25) is 5.36 Å². The molecule has 6 heteroatoms. The molecule has 1 aliphatic heterocycles. The molecule has 3 N–H and O–H groups in total. The first kappa shape index (κ1) is 27.1. The molecule has 4 aromatic carbocycles. The molecule has 0 fully saturated rings. The van der Waals surface area contributed by atoms with E-state index in [-0.39, 0.29) is 6.61 Å². The number of hydrogen-bond acceptors (Lipinski definition) is 5. The molecule has 1 aliphatic carbocycles. The third-order valence-corrected chi connectivity index (χ3v) is 7.56. The standard InChI is InChI=1S/C36H32N2O4/c1-40-30-12-6-24(7-13-30)21-38(22-25-8-14-31(41-2)15-9-25)29-11-17-33-35(20-29)42-34-19-28(37)10-16-32(34)36(33)27-5-3-4-26(18-27)23-39/h3-20,37,39H,21-23H2,1-2H3/p+1. The zero-order valence-electron chi connectivity index (χ0n) is 23.7. The van der Waals surface area contributed by atoms with Crippen LogP contribution in [0.3, 0.4) is 0 Å². The quantitative estimate of drug-likeness (QED) is 0.127. The van der Waals surface area contributed by atoms with Crippen molar-refractivity contribution in [2.24, 2.45) is 0 Å². The Kier molecular flexibility index (Phi) is 7.62. The lowest BCUT2D eigenvalue weighted by atomic mass is 9.92. The van der Waals surface area contributed by atoms with Gasteiger partial charge in [-0.05, 0) is 83.9 Å². The van der Waals surface area contributed by atoms with Crippen LogP contribution >= 0.6 is 0 Å². The first-order valence-electron chi connectivity index (χ1n) is 13.8. The summed E-state index contributed by atoms with van der Waals surface area (Å²) in [5, 5.41) is 11.8. The summed E-state index contributed by atoms with van der Waals surface area (Å²) in [7, 11) is 3.35. The van der Waals surface area contributed by atoms with Crippen LogP contribution in [0.15, 0.2) is 114 Å². The molecule has 0 saturated carbocycles. The van der Waals surface area contributed by atoms with E-state index in [0.29, 0.717) is 24.4 Å². The van der Waals surface area contributed by atoms with Gasteiger partial charge >= 0.3 is 0 Å². The lowest BCUT2D eigenvalue weighted by Gasteiger charge is -2.16. The van der Waals surface area contributed by atoms with Gasteiger partial charge in [0.15, 0.2) is 13.1 Å². The van der Waals surface area contributed by atoms with E-state index in [1.54, 1.807) is 14.2 Å². The molecule has 0 amide bonds. The summed E-state index contributed by atoms with van der Waals surface area (Å²) in [5.41, 5.74) is 13.7. The molecular formula is C36H33N2O4+. The van der Waals surface area contributed by atoms with E-state index in [1.165, 1.54) is 0 Å². The molecule has 0 unspecified atom stereocenters.